The first-order valence-electron chi connectivity index (χ1n) is 11.4. The number of nitrogens with two attached hydrogens (primary N) is 1. The highest BCUT2D eigenvalue weighted by Gasteiger charge is 2.56. The van der Waals surface area contributed by atoms with Crippen LogP contribution in [0.15, 0.2) is 18.3 Å². The smallest absolute Gasteiger partial charge is 0.384 e. The van der Waals surface area contributed by atoms with Crippen LogP contribution in [0.25, 0.3) is 0 Å². The molecule has 33 heavy (non-hydrogen) atoms. The molecule has 11 heteroatoms. The normalized spacial score (nSPS) is 24.7. The maximum Gasteiger partial charge on any atom is 0.408 e. The van der Waals surface area contributed by atoms with E-state index in [9.17, 15) is 27.6 Å². The number of nitrogens with zero attached hydrogens (tertiary/aromatic N) is 2. The molecule has 1 unspecified atom stereocenters. The van der Waals surface area contributed by atoms with Crippen LogP contribution >= 0.6 is 0 Å². The minimum atomic E-state index is -4.65. The Morgan fingerprint density at radius 3 is 2.48 bits per heavy atom. The van der Waals surface area contributed by atoms with Crippen LogP contribution in [0.4, 0.5) is 23.8 Å². The van der Waals surface area contributed by atoms with E-state index in [0.717, 1.165) is 19.3 Å². The molecule has 2 heterocycles. The molecule has 4 rings (SSSR count). The summed E-state index contributed by atoms with van der Waals surface area (Å²) in [4.78, 5) is 43.1. The lowest BCUT2D eigenvalue weighted by molar-refractivity contribution is -0.170. The minimum Gasteiger partial charge on any atom is -0.384 e. The molecule has 4 amide bonds. The Morgan fingerprint density at radius 1 is 1.18 bits per heavy atom. The van der Waals surface area contributed by atoms with Crippen LogP contribution in [0.3, 0.4) is 0 Å². The van der Waals surface area contributed by atoms with Crippen LogP contribution in [0, 0.1) is 11.8 Å². The second-order valence-corrected chi connectivity index (χ2v) is 9.20. The van der Waals surface area contributed by atoms with E-state index in [2.05, 4.69) is 10.3 Å². The summed E-state index contributed by atoms with van der Waals surface area (Å²) in [5, 5.41) is 4.80. The summed E-state index contributed by atoms with van der Waals surface area (Å²) in [7, 11) is 0. The van der Waals surface area contributed by atoms with Gasteiger partial charge in [-0.3, -0.25) is 14.5 Å². The number of carbonyl (C=O) groups is 3. The van der Waals surface area contributed by atoms with Gasteiger partial charge in [0.15, 0.2) is 0 Å². The number of alkyl halides is 3. The Bertz CT molecular complexity index is 915. The number of imide groups is 1. The molecule has 180 valence electrons. The predicted molar refractivity (Wildman–Crippen MR) is 113 cm³/mol. The molecule has 3 fully saturated rings. The number of halogens is 3. The zero-order valence-electron chi connectivity index (χ0n) is 18.1. The minimum absolute atomic E-state index is 0.0273. The van der Waals surface area contributed by atoms with Gasteiger partial charge in [0.1, 0.15) is 17.9 Å². The third-order valence-electron chi connectivity index (χ3n) is 6.68. The number of nitrogen functional groups attached to an aromatic ring is 1. The Morgan fingerprint density at radius 2 is 1.88 bits per heavy atom. The summed E-state index contributed by atoms with van der Waals surface area (Å²) in [6.07, 6.45) is 1.45. The van der Waals surface area contributed by atoms with Gasteiger partial charge in [-0.15, -0.1) is 0 Å². The van der Waals surface area contributed by atoms with Crippen LogP contribution in [0.1, 0.15) is 50.5 Å². The second kappa shape index (κ2) is 9.18. The lowest BCUT2D eigenvalue weighted by Gasteiger charge is -2.45. The van der Waals surface area contributed by atoms with Gasteiger partial charge in [0, 0.05) is 12.2 Å². The molecule has 4 N–H and O–H groups in total. The number of anilines is 1. The standard InChI is InChI=1S/C22H28F3N5O3/c23-22(24,25)18(13-4-2-1-3-5-13)29-21(33)30-17(19(31)28-14-6-7-14)15(20(30)32)10-12-8-9-27-16(26)11-12/h8-9,11,13-15,17-18H,1-7,10H2,(H2,26,27)(H,28,31)(H,29,33)/t15-,17-,18?/m0/s1. The highest BCUT2D eigenvalue weighted by molar-refractivity contribution is 6.09. The molecule has 0 spiro atoms. The zero-order valence-corrected chi connectivity index (χ0v) is 18.1. The topological polar surface area (TPSA) is 117 Å². The second-order valence-electron chi connectivity index (χ2n) is 9.20. The van der Waals surface area contributed by atoms with E-state index in [1.165, 1.54) is 6.20 Å². The third kappa shape index (κ3) is 5.22. The summed E-state index contributed by atoms with van der Waals surface area (Å²) < 4.78 is 41.3. The summed E-state index contributed by atoms with van der Waals surface area (Å²) in [5.74, 6) is -2.57. The number of amides is 4. The number of hydrogen-bond donors (Lipinski definition) is 3. The number of urea groups is 1. The van der Waals surface area contributed by atoms with Gasteiger partial charge in [0.25, 0.3) is 0 Å². The molecule has 0 aromatic carbocycles. The third-order valence-corrected chi connectivity index (χ3v) is 6.68. The van der Waals surface area contributed by atoms with Crippen molar-refractivity contribution >= 4 is 23.7 Å². The van der Waals surface area contributed by atoms with Gasteiger partial charge >= 0.3 is 12.2 Å². The molecule has 2 aliphatic carbocycles. The number of hydrogen-bond acceptors (Lipinski definition) is 5. The molecule has 1 aromatic heterocycles. The first-order chi connectivity index (χ1) is 15.6. The Labute approximate surface area is 189 Å². The van der Waals surface area contributed by atoms with Crippen LogP contribution in [0.5, 0.6) is 0 Å². The largest absolute Gasteiger partial charge is 0.408 e. The summed E-state index contributed by atoms with van der Waals surface area (Å²) >= 11 is 0. The Kier molecular flexibility index (Phi) is 6.49. The fourth-order valence-electron chi connectivity index (χ4n) is 4.80. The summed E-state index contributed by atoms with van der Waals surface area (Å²) in [6, 6.07) is -1.22. The van der Waals surface area contributed by atoms with Gasteiger partial charge in [-0.1, -0.05) is 19.3 Å². The molecule has 1 aromatic rings. The maximum atomic E-state index is 13.8. The van der Waals surface area contributed by atoms with Gasteiger partial charge in [-0.25, -0.2) is 9.78 Å². The lowest BCUT2D eigenvalue weighted by atomic mass is 9.81. The average Bonchev–Trinajstić information content (AvgIpc) is 3.57. The number of β-lactam (4-membered cyclic amide) rings is 1. The predicted octanol–water partition coefficient (Wildman–Crippen LogP) is 2.53. The molecule has 3 aliphatic rings. The van der Waals surface area contributed by atoms with Gasteiger partial charge < -0.3 is 16.4 Å². The molecular formula is C22H28F3N5O3. The first-order valence-corrected chi connectivity index (χ1v) is 11.4. The number of aromatic nitrogens is 1. The van der Waals surface area contributed by atoms with E-state index in [1.807, 2.05) is 5.32 Å². The molecule has 2 saturated carbocycles. The van der Waals surface area contributed by atoms with Crippen molar-refractivity contribution in [2.75, 3.05) is 5.73 Å². The van der Waals surface area contributed by atoms with Crippen molar-refractivity contribution in [2.24, 2.45) is 11.8 Å². The van der Waals surface area contributed by atoms with Crippen LogP contribution in [-0.2, 0) is 16.0 Å². The van der Waals surface area contributed by atoms with E-state index < -0.39 is 47.9 Å². The molecule has 3 atom stereocenters. The van der Waals surface area contributed by atoms with Gasteiger partial charge in [-0.05, 0) is 55.7 Å². The van der Waals surface area contributed by atoms with E-state index in [-0.39, 0.29) is 18.3 Å². The average molecular weight is 467 g/mol. The SMILES string of the molecule is Nc1cc(C[C@@H]2C(=O)N(C(=O)NC(C3CCCCC3)C(F)(F)F)[C@@H]2C(=O)NC2CC2)ccn1. The summed E-state index contributed by atoms with van der Waals surface area (Å²) in [5.41, 5.74) is 6.34. The number of nitrogens with one attached hydrogen (secondary N) is 2. The molecule has 1 saturated heterocycles. The molecular weight excluding hydrogens is 439 g/mol. The quantitative estimate of drug-likeness (QED) is 0.556. The number of pyridine rings is 1. The van der Waals surface area contributed by atoms with E-state index in [4.69, 9.17) is 5.73 Å². The van der Waals surface area contributed by atoms with Crippen molar-refractivity contribution in [3.8, 4) is 0 Å². The van der Waals surface area contributed by atoms with Crippen LogP contribution in [-0.4, -0.2) is 52.0 Å². The van der Waals surface area contributed by atoms with Gasteiger partial charge in [0.05, 0.1) is 5.92 Å². The van der Waals surface area contributed by atoms with Crippen molar-refractivity contribution < 1.29 is 27.6 Å². The highest BCUT2D eigenvalue weighted by atomic mass is 19.4. The fourth-order valence-corrected chi connectivity index (χ4v) is 4.80. The number of carbonyl (C=O) groups excluding carboxylic acids is 3. The van der Waals surface area contributed by atoms with E-state index >= 15 is 0 Å². The molecule has 1 aliphatic heterocycles. The maximum absolute atomic E-state index is 13.8. The number of likely N-dealkylation sites (tertiary alicyclic amines) is 1. The summed E-state index contributed by atoms with van der Waals surface area (Å²) in [6.45, 7) is 0. The molecule has 8 nitrogen and oxygen atoms in total. The van der Waals surface area contributed by atoms with Crippen LogP contribution < -0.4 is 16.4 Å². The van der Waals surface area contributed by atoms with Gasteiger partial charge in [-0.2, -0.15) is 13.2 Å². The highest BCUT2D eigenvalue weighted by Crippen LogP contribution is 2.36. The fraction of sp³-hybridized carbons (Fsp3) is 0.636. The van der Waals surface area contributed by atoms with E-state index in [0.29, 0.717) is 36.1 Å². The first kappa shape index (κ1) is 23.3. The van der Waals surface area contributed by atoms with Crippen molar-refractivity contribution in [2.45, 2.75) is 75.7 Å². The monoisotopic (exact) mass is 467 g/mol. The van der Waals surface area contributed by atoms with Crippen molar-refractivity contribution in [3.05, 3.63) is 23.9 Å². The van der Waals surface area contributed by atoms with Crippen LogP contribution in [0.2, 0.25) is 0 Å². The van der Waals surface area contributed by atoms with E-state index in [1.54, 1.807) is 12.1 Å². The van der Waals surface area contributed by atoms with Gasteiger partial charge in [0.2, 0.25) is 11.8 Å². The van der Waals surface area contributed by atoms with Crippen molar-refractivity contribution in [1.29, 1.82) is 0 Å². The van der Waals surface area contributed by atoms with Crippen molar-refractivity contribution in [1.82, 2.24) is 20.5 Å². The lowest BCUT2D eigenvalue weighted by Crippen LogP contribution is -2.71. The zero-order chi connectivity index (χ0) is 23.8. The Hall–Kier alpha value is -2.85. The van der Waals surface area contributed by atoms with Crippen molar-refractivity contribution in [3.63, 3.8) is 0 Å². The number of rotatable bonds is 6. The Balaban J connectivity index is 1.51. The molecule has 0 bridgehead atoms. The molecule has 0 radical (unpaired) electrons.